The molecule has 0 radical (unpaired) electrons. The fraction of sp³-hybridized carbons (Fsp3) is 0.417. The minimum absolute atomic E-state index is 0.258. The van der Waals surface area contributed by atoms with Gasteiger partial charge in [0, 0.05) is 6.54 Å². The van der Waals surface area contributed by atoms with Crippen molar-refractivity contribution in [1.29, 1.82) is 0 Å². The molecule has 0 heterocycles. The molecule has 0 atom stereocenters. The van der Waals surface area contributed by atoms with Crippen LogP contribution in [-0.2, 0) is 20.9 Å². The third-order valence-electron chi connectivity index (χ3n) is 2.07. The average Bonchev–Trinajstić information content (AvgIpc) is 2.41. The summed E-state index contributed by atoms with van der Waals surface area (Å²) in [5, 5.41) is 2.57. The number of hydrogen-bond donors (Lipinski definition) is 2. The molecule has 1 aromatic rings. The van der Waals surface area contributed by atoms with E-state index in [0.29, 0.717) is 26.4 Å². The lowest BCUT2D eigenvalue weighted by Crippen LogP contribution is -2.28. The zero-order chi connectivity index (χ0) is 13.1. The summed E-state index contributed by atoms with van der Waals surface area (Å²) in [5.41, 5.74) is 0.948. The van der Waals surface area contributed by atoms with Crippen molar-refractivity contribution in [2.24, 2.45) is 5.90 Å². The Morgan fingerprint density at radius 1 is 1.17 bits per heavy atom. The van der Waals surface area contributed by atoms with Crippen molar-refractivity contribution in [3.63, 3.8) is 0 Å². The molecule has 1 aromatic carbocycles. The van der Waals surface area contributed by atoms with Crippen LogP contribution in [0.1, 0.15) is 5.56 Å². The lowest BCUT2D eigenvalue weighted by atomic mass is 10.2. The maximum absolute atomic E-state index is 11.3. The van der Waals surface area contributed by atoms with Crippen molar-refractivity contribution < 1.29 is 19.1 Å². The zero-order valence-electron chi connectivity index (χ0n) is 10.1. The van der Waals surface area contributed by atoms with E-state index in [9.17, 15) is 4.79 Å². The van der Waals surface area contributed by atoms with Crippen LogP contribution in [0, 0.1) is 0 Å². The Bertz CT molecular complexity index is 332. The van der Waals surface area contributed by atoms with E-state index in [2.05, 4.69) is 10.2 Å². The van der Waals surface area contributed by atoms with E-state index in [1.807, 2.05) is 30.3 Å². The molecular formula is C12H18N2O4. The fourth-order valence-electron chi connectivity index (χ4n) is 1.21. The predicted octanol–water partition coefficient (Wildman–Crippen LogP) is 0.820. The van der Waals surface area contributed by atoms with Crippen LogP contribution < -0.4 is 11.2 Å². The molecule has 0 aliphatic heterocycles. The number of benzene rings is 1. The third kappa shape index (κ3) is 6.85. The first-order chi connectivity index (χ1) is 8.83. The molecule has 18 heavy (non-hydrogen) atoms. The van der Waals surface area contributed by atoms with E-state index < -0.39 is 6.09 Å². The van der Waals surface area contributed by atoms with Crippen molar-refractivity contribution in [3.8, 4) is 0 Å². The molecule has 0 aliphatic carbocycles. The molecule has 0 aliphatic rings. The lowest BCUT2D eigenvalue weighted by Gasteiger charge is -2.07. The molecule has 1 rings (SSSR count). The number of amides is 1. The molecule has 0 aromatic heterocycles. The van der Waals surface area contributed by atoms with Gasteiger partial charge >= 0.3 is 6.09 Å². The van der Waals surface area contributed by atoms with Crippen molar-refractivity contribution >= 4 is 6.09 Å². The second-order valence-electron chi connectivity index (χ2n) is 3.47. The Morgan fingerprint density at radius 3 is 2.67 bits per heavy atom. The normalized spacial score (nSPS) is 10.1. The molecule has 6 nitrogen and oxygen atoms in total. The maximum atomic E-state index is 11.3. The van der Waals surface area contributed by atoms with Crippen LogP contribution in [0.3, 0.4) is 0 Å². The average molecular weight is 254 g/mol. The summed E-state index contributed by atoms with van der Waals surface area (Å²) in [7, 11) is 0. The highest BCUT2D eigenvalue weighted by Crippen LogP contribution is 2.00. The van der Waals surface area contributed by atoms with E-state index in [1.165, 1.54) is 0 Å². The summed E-state index contributed by atoms with van der Waals surface area (Å²) in [6.07, 6.45) is -0.461. The van der Waals surface area contributed by atoms with E-state index >= 15 is 0 Å². The SMILES string of the molecule is NOCCOCCNC(=O)OCc1ccccc1. The number of alkyl carbamates (subject to hydrolysis) is 1. The van der Waals surface area contributed by atoms with Crippen molar-refractivity contribution in [3.05, 3.63) is 35.9 Å². The topological polar surface area (TPSA) is 82.8 Å². The molecule has 0 fully saturated rings. The van der Waals surface area contributed by atoms with Crippen molar-refractivity contribution in [2.75, 3.05) is 26.4 Å². The first-order valence-corrected chi connectivity index (χ1v) is 5.67. The Kier molecular flexibility index (Phi) is 7.54. The highest BCUT2D eigenvalue weighted by molar-refractivity contribution is 5.67. The monoisotopic (exact) mass is 254 g/mol. The molecule has 3 N–H and O–H groups in total. The van der Waals surface area contributed by atoms with Crippen LogP contribution in [0.2, 0.25) is 0 Å². The summed E-state index contributed by atoms with van der Waals surface area (Å²) in [6, 6.07) is 9.48. The summed E-state index contributed by atoms with van der Waals surface area (Å²) in [5.74, 6) is 4.82. The summed E-state index contributed by atoms with van der Waals surface area (Å²) < 4.78 is 10.1. The molecule has 1 amide bonds. The van der Waals surface area contributed by atoms with Gasteiger partial charge in [-0.15, -0.1) is 0 Å². The molecule has 100 valence electrons. The number of carbonyl (C=O) groups is 1. The number of rotatable bonds is 8. The predicted molar refractivity (Wildman–Crippen MR) is 65.6 cm³/mol. The smallest absolute Gasteiger partial charge is 0.407 e. The van der Waals surface area contributed by atoms with Crippen LogP contribution in [0.5, 0.6) is 0 Å². The number of hydrogen-bond acceptors (Lipinski definition) is 5. The quantitative estimate of drug-likeness (QED) is 0.530. The Labute approximate surface area is 106 Å². The zero-order valence-corrected chi connectivity index (χ0v) is 10.1. The van der Waals surface area contributed by atoms with Gasteiger partial charge in [-0.3, -0.25) is 0 Å². The van der Waals surface area contributed by atoms with Gasteiger partial charge in [-0.2, -0.15) is 0 Å². The van der Waals surface area contributed by atoms with Crippen LogP contribution in [0.25, 0.3) is 0 Å². The van der Waals surface area contributed by atoms with Crippen LogP contribution in [0.4, 0.5) is 4.79 Å². The van der Waals surface area contributed by atoms with E-state index in [-0.39, 0.29) is 6.61 Å². The van der Waals surface area contributed by atoms with Gasteiger partial charge in [0.05, 0.1) is 19.8 Å². The molecular weight excluding hydrogens is 236 g/mol. The molecule has 0 saturated heterocycles. The Balaban J connectivity index is 2.01. The number of ether oxygens (including phenoxy) is 2. The number of nitrogens with two attached hydrogens (primary N) is 1. The minimum atomic E-state index is -0.461. The largest absolute Gasteiger partial charge is 0.445 e. The van der Waals surface area contributed by atoms with E-state index in [4.69, 9.17) is 15.4 Å². The molecule has 0 spiro atoms. The maximum Gasteiger partial charge on any atom is 0.407 e. The number of carbonyl (C=O) groups excluding carboxylic acids is 1. The second kappa shape index (κ2) is 9.41. The number of nitrogens with one attached hydrogen (secondary N) is 1. The van der Waals surface area contributed by atoms with Gasteiger partial charge in [-0.1, -0.05) is 30.3 Å². The highest BCUT2D eigenvalue weighted by atomic mass is 16.6. The molecule has 0 bridgehead atoms. The summed E-state index contributed by atoms with van der Waals surface area (Å²) in [4.78, 5) is 15.6. The van der Waals surface area contributed by atoms with Crippen LogP contribution >= 0.6 is 0 Å². The summed E-state index contributed by atoms with van der Waals surface area (Å²) in [6.45, 7) is 1.77. The van der Waals surface area contributed by atoms with Gasteiger partial charge in [0.2, 0.25) is 0 Å². The van der Waals surface area contributed by atoms with Gasteiger partial charge in [-0.25, -0.2) is 10.7 Å². The third-order valence-corrected chi connectivity index (χ3v) is 2.07. The van der Waals surface area contributed by atoms with Crippen LogP contribution in [0.15, 0.2) is 30.3 Å². The van der Waals surface area contributed by atoms with Gasteiger partial charge in [0.1, 0.15) is 6.61 Å². The van der Waals surface area contributed by atoms with Gasteiger partial charge in [0.15, 0.2) is 0 Å². The Morgan fingerprint density at radius 2 is 1.94 bits per heavy atom. The first-order valence-electron chi connectivity index (χ1n) is 5.67. The fourth-order valence-corrected chi connectivity index (χ4v) is 1.21. The summed E-state index contributed by atoms with van der Waals surface area (Å²) >= 11 is 0. The second-order valence-corrected chi connectivity index (χ2v) is 3.47. The van der Waals surface area contributed by atoms with Crippen molar-refractivity contribution in [2.45, 2.75) is 6.61 Å². The van der Waals surface area contributed by atoms with Gasteiger partial charge < -0.3 is 19.6 Å². The Hall–Kier alpha value is -1.63. The first kappa shape index (κ1) is 14.4. The molecule has 0 unspecified atom stereocenters. The lowest BCUT2D eigenvalue weighted by molar-refractivity contribution is 0.0482. The highest BCUT2D eigenvalue weighted by Gasteiger charge is 2.01. The van der Waals surface area contributed by atoms with Gasteiger partial charge in [0.25, 0.3) is 0 Å². The van der Waals surface area contributed by atoms with Crippen LogP contribution in [-0.4, -0.2) is 32.5 Å². The molecule has 6 heteroatoms. The van der Waals surface area contributed by atoms with Gasteiger partial charge in [-0.05, 0) is 5.56 Å². The van der Waals surface area contributed by atoms with Crippen molar-refractivity contribution in [1.82, 2.24) is 5.32 Å². The molecule has 0 saturated carbocycles. The van der Waals surface area contributed by atoms with E-state index in [1.54, 1.807) is 0 Å². The van der Waals surface area contributed by atoms with E-state index in [0.717, 1.165) is 5.56 Å². The minimum Gasteiger partial charge on any atom is -0.445 e. The standard InChI is InChI=1S/C12H18N2O4/c13-18-9-8-16-7-6-14-12(15)17-10-11-4-2-1-3-5-11/h1-5H,6-10,13H2,(H,14,15).